The Balaban J connectivity index is 1.69. The van der Waals surface area contributed by atoms with E-state index in [2.05, 4.69) is 119 Å². The second-order valence-corrected chi connectivity index (χ2v) is 13.0. The number of aryl methyl sites for hydroxylation is 1. The molecule has 40 heavy (non-hydrogen) atoms. The molecular formula is C37H37N3. The maximum atomic E-state index is 4.80. The molecule has 6 rings (SSSR count). The van der Waals surface area contributed by atoms with Crippen LogP contribution in [0.2, 0.25) is 0 Å². The third-order valence-electron chi connectivity index (χ3n) is 7.85. The molecule has 3 heterocycles. The van der Waals surface area contributed by atoms with Crippen molar-refractivity contribution in [3.63, 3.8) is 0 Å². The van der Waals surface area contributed by atoms with Crippen LogP contribution in [0.1, 0.15) is 58.4 Å². The van der Waals surface area contributed by atoms with Gasteiger partial charge in [0.25, 0.3) is 0 Å². The average molecular weight is 524 g/mol. The number of hydrogen-bond donors (Lipinski definition) is 1. The molecular weight excluding hydrogens is 486 g/mol. The van der Waals surface area contributed by atoms with Gasteiger partial charge in [-0.05, 0) is 89.0 Å². The molecule has 0 bridgehead atoms. The predicted octanol–water partition coefficient (Wildman–Crippen LogP) is 10.0. The second kappa shape index (κ2) is 9.45. The first-order valence-electron chi connectivity index (χ1n) is 14.1. The van der Waals surface area contributed by atoms with Gasteiger partial charge in [-0.15, -0.1) is 0 Å². The van der Waals surface area contributed by atoms with Crippen LogP contribution in [-0.2, 0) is 10.8 Å². The smallest absolute Gasteiger partial charge is 0.0723 e. The normalized spacial score (nSPS) is 12.4. The lowest BCUT2D eigenvalue weighted by molar-refractivity contribution is 0.590. The van der Waals surface area contributed by atoms with Gasteiger partial charge in [0.15, 0.2) is 0 Å². The van der Waals surface area contributed by atoms with Crippen LogP contribution < -0.4 is 0 Å². The van der Waals surface area contributed by atoms with Crippen LogP contribution in [0.4, 0.5) is 0 Å². The molecule has 0 aliphatic carbocycles. The molecule has 0 saturated heterocycles. The molecule has 1 N–H and O–H groups in total. The van der Waals surface area contributed by atoms with E-state index in [0.29, 0.717) is 0 Å². The van der Waals surface area contributed by atoms with Gasteiger partial charge in [0.1, 0.15) is 0 Å². The monoisotopic (exact) mass is 523 g/mol. The lowest BCUT2D eigenvalue weighted by Crippen LogP contribution is -2.11. The van der Waals surface area contributed by atoms with Gasteiger partial charge in [-0.1, -0.05) is 71.9 Å². The Hall–Kier alpha value is -4.24. The van der Waals surface area contributed by atoms with Gasteiger partial charge in [0, 0.05) is 39.4 Å². The van der Waals surface area contributed by atoms with Crippen molar-refractivity contribution >= 4 is 21.8 Å². The first-order chi connectivity index (χ1) is 19.0. The SMILES string of the molecule is Cc1cccc(-c2cccc(-c3cc(C(C)(C)C)cc4c3[nH]c3c(-c5ccccn5)cc(C(C)(C)C)cc34)c2)n1. The van der Waals surface area contributed by atoms with E-state index >= 15 is 0 Å². The second-order valence-electron chi connectivity index (χ2n) is 13.0. The lowest BCUT2D eigenvalue weighted by Gasteiger charge is -2.22. The van der Waals surface area contributed by atoms with Crippen LogP contribution in [0.5, 0.6) is 0 Å². The third kappa shape index (κ3) is 4.70. The largest absolute Gasteiger partial charge is 0.353 e. The van der Waals surface area contributed by atoms with Crippen molar-refractivity contribution in [3.8, 4) is 33.6 Å². The zero-order valence-corrected chi connectivity index (χ0v) is 24.6. The van der Waals surface area contributed by atoms with Gasteiger partial charge in [-0.25, -0.2) is 0 Å². The fourth-order valence-corrected chi connectivity index (χ4v) is 5.47. The maximum Gasteiger partial charge on any atom is 0.0723 e. The Kier molecular flexibility index (Phi) is 6.14. The predicted molar refractivity (Wildman–Crippen MR) is 170 cm³/mol. The number of aromatic amines is 1. The summed E-state index contributed by atoms with van der Waals surface area (Å²) in [6.07, 6.45) is 1.88. The molecule has 0 aliphatic heterocycles. The summed E-state index contributed by atoms with van der Waals surface area (Å²) in [4.78, 5) is 13.4. The number of H-pyrrole nitrogens is 1. The highest BCUT2D eigenvalue weighted by Gasteiger charge is 2.23. The molecule has 3 aromatic carbocycles. The molecule has 0 fully saturated rings. The van der Waals surface area contributed by atoms with Gasteiger partial charge in [-0.2, -0.15) is 0 Å². The number of nitrogens with zero attached hydrogens (tertiary/aromatic N) is 2. The Morgan fingerprint density at radius 2 is 1.18 bits per heavy atom. The van der Waals surface area contributed by atoms with E-state index in [9.17, 15) is 0 Å². The third-order valence-corrected chi connectivity index (χ3v) is 7.85. The van der Waals surface area contributed by atoms with E-state index in [1.807, 2.05) is 25.3 Å². The Bertz CT molecular complexity index is 1860. The van der Waals surface area contributed by atoms with Gasteiger partial charge in [0.2, 0.25) is 0 Å². The molecule has 0 amide bonds. The van der Waals surface area contributed by atoms with Gasteiger partial charge < -0.3 is 4.98 Å². The average Bonchev–Trinajstić information content (AvgIpc) is 3.30. The summed E-state index contributed by atoms with van der Waals surface area (Å²) in [6.45, 7) is 15.8. The molecule has 0 saturated carbocycles. The van der Waals surface area contributed by atoms with E-state index in [1.165, 1.54) is 33.0 Å². The summed E-state index contributed by atoms with van der Waals surface area (Å²) in [5.74, 6) is 0. The van der Waals surface area contributed by atoms with Gasteiger partial charge in [-0.3, -0.25) is 9.97 Å². The first kappa shape index (κ1) is 26.0. The first-order valence-corrected chi connectivity index (χ1v) is 14.1. The van der Waals surface area contributed by atoms with Crippen LogP contribution in [0, 0.1) is 6.92 Å². The standard InChI is InChI=1S/C37H37N3/c1-23-12-10-16-32(39-23)25-14-11-13-24(18-25)28-19-26(36(2,3)4)20-29-30-21-27(37(5,6)7)22-31(35(30)40-34(28)29)33-15-8-9-17-38-33/h8-22,40H,1-7H3. The van der Waals surface area contributed by atoms with Gasteiger partial charge in [0.05, 0.1) is 22.4 Å². The molecule has 3 nitrogen and oxygen atoms in total. The number of hydrogen-bond acceptors (Lipinski definition) is 2. The molecule has 6 aromatic rings. The summed E-state index contributed by atoms with van der Waals surface area (Å²) < 4.78 is 0. The van der Waals surface area contributed by atoms with E-state index in [1.54, 1.807) is 0 Å². The van der Waals surface area contributed by atoms with Crippen LogP contribution in [-0.4, -0.2) is 15.0 Å². The number of rotatable bonds is 3. The van der Waals surface area contributed by atoms with Crippen molar-refractivity contribution in [3.05, 3.63) is 108 Å². The molecule has 0 spiro atoms. The van der Waals surface area contributed by atoms with Gasteiger partial charge >= 0.3 is 0 Å². The molecule has 3 aromatic heterocycles. The summed E-state index contributed by atoms with van der Waals surface area (Å²) in [7, 11) is 0. The summed E-state index contributed by atoms with van der Waals surface area (Å²) in [5, 5.41) is 2.49. The zero-order chi connectivity index (χ0) is 28.2. The van der Waals surface area contributed by atoms with Crippen molar-refractivity contribution in [2.24, 2.45) is 0 Å². The highest BCUT2D eigenvalue weighted by atomic mass is 14.7. The maximum absolute atomic E-state index is 4.80. The molecule has 3 heteroatoms. The van der Waals surface area contributed by atoms with E-state index in [4.69, 9.17) is 9.97 Å². The van der Waals surface area contributed by atoms with Crippen LogP contribution in [0.15, 0.2) is 91.1 Å². The van der Waals surface area contributed by atoms with Crippen LogP contribution in [0.25, 0.3) is 55.4 Å². The number of aromatic nitrogens is 3. The van der Waals surface area contributed by atoms with E-state index < -0.39 is 0 Å². The highest BCUT2D eigenvalue weighted by Crippen LogP contribution is 2.42. The van der Waals surface area contributed by atoms with Crippen molar-refractivity contribution < 1.29 is 0 Å². The van der Waals surface area contributed by atoms with E-state index in [-0.39, 0.29) is 10.8 Å². The minimum atomic E-state index is -0.00626. The lowest BCUT2D eigenvalue weighted by atomic mass is 9.82. The molecule has 200 valence electrons. The molecule has 0 aliphatic rings. The topological polar surface area (TPSA) is 41.6 Å². The fourth-order valence-electron chi connectivity index (χ4n) is 5.47. The number of fused-ring (bicyclic) bond motifs is 3. The minimum Gasteiger partial charge on any atom is -0.353 e. The summed E-state index contributed by atoms with van der Waals surface area (Å²) >= 11 is 0. The number of pyridine rings is 2. The fraction of sp³-hybridized carbons (Fsp3) is 0.243. The van der Waals surface area contributed by atoms with Crippen molar-refractivity contribution in [1.82, 2.24) is 15.0 Å². The number of benzene rings is 3. The van der Waals surface area contributed by atoms with Crippen molar-refractivity contribution in [2.45, 2.75) is 59.3 Å². The molecule has 0 radical (unpaired) electrons. The summed E-state index contributed by atoms with van der Waals surface area (Å²) in [5.41, 5.74) is 12.5. The van der Waals surface area contributed by atoms with Crippen molar-refractivity contribution in [2.75, 3.05) is 0 Å². The summed E-state index contributed by atoms with van der Waals surface area (Å²) in [6, 6.07) is 30.6. The van der Waals surface area contributed by atoms with E-state index in [0.717, 1.165) is 39.2 Å². The quantitative estimate of drug-likeness (QED) is 0.251. The minimum absolute atomic E-state index is 0.000920. The zero-order valence-electron chi connectivity index (χ0n) is 24.6. The Labute approximate surface area is 237 Å². The van der Waals surface area contributed by atoms with Crippen LogP contribution >= 0.6 is 0 Å². The Morgan fingerprint density at radius 1 is 0.575 bits per heavy atom. The highest BCUT2D eigenvalue weighted by molar-refractivity contribution is 6.16. The number of nitrogens with one attached hydrogen (secondary N) is 1. The Morgan fingerprint density at radius 3 is 1.80 bits per heavy atom. The molecule has 0 atom stereocenters. The van der Waals surface area contributed by atoms with Crippen LogP contribution in [0.3, 0.4) is 0 Å². The van der Waals surface area contributed by atoms with Crippen molar-refractivity contribution in [1.29, 1.82) is 0 Å². The molecule has 0 unspecified atom stereocenters.